The summed E-state index contributed by atoms with van der Waals surface area (Å²) in [6.07, 6.45) is 2.17. The Hall–Kier alpha value is -1.42. The molecule has 1 aromatic heterocycles. The zero-order valence-corrected chi connectivity index (χ0v) is 13.7. The molecule has 1 fully saturated rings. The molecule has 22 heavy (non-hydrogen) atoms. The predicted molar refractivity (Wildman–Crippen MR) is 89.0 cm³/mol. The lowest BCUT2D eigenvalue weighted by molar-refractivity contribution is -0.115. The first-order chi connectivity index (χ1) is 10.5. The molecule has 0 aromatic carbocycles. The van der Waals surface area contributed by atoms with Crippen molar-refractivity contribution in [1.82, 2.24) is 4.57 Å². The van der Waals surface area contributed by atoms with E-state index in [2.05, 4.69) is 17.2 Å². The topological polar surface area (TPSA) is 71.3 Å². The van der Waals surface area contributed by atoms with Gasteiger partial charge in [0, 0.05) is 24.7 Å². The Labute approximate surface area is 138 Å². The molecule has 2 rings (SSSR count). The van der Waals surface area contributed by atoms with Gasteiger partial charge in [-0.25, -0.2) is 0 Å². The van der Waals surface area contributed by atoms with Crippen LogP contribution >= 0.6 is 23.4 Å². The largest absolute Gasteiger partial charge is 0.384 e. The van der Waals surface area contributed by atoms with Crippen molar-refractivity contribution in [2.75, 3.05) is 11.9 Å². The van der Waals surface area contributed by atoms with Crippen LogP contribution in [0.5, 0.6) is 0 Å². The molecule has 0 saturated carbocycles. The molecule has 1 saturated heterocycles. The molecule has 0 spiro atoms. The van der Waals surface area contributed by atoms with E-state index in [0.717, 1.165) is 0 Å². The second-order valence-electron chi connectivity index (χ2n) is 4.83. The Bertz CT molecular complexity index is 665. The van der Waals surface area contributed by atoms with Gasteiger partial charge >= 0.3 is 0 Å². The number of nitrogens with zero attached hydrogens (tertiary/aromatic N) is 1. The molecule has 2 N–H and O–H groups in total. The molecule has 1 aromatic rings. The molecule has 3 atom stereocenters. The van der Waals surface area contributed by atoms with Crippen molar-refractivity contribution in [1.29, 1.82) is 0 Å². The van der Waals surface area contributed by atoms with Crippen LogP contribution < -0.4 is 10.9 Å². The Morgan fingerprint density at radius 1 is 1.59 bits per heavy atom. The second-order valence-corrected chi connectivity index (χ2v) is 6.91. The number of hydrogen-bond donors (Lipinski definition) is 2. The third kappa shape index (κ3) is 4.07. The number of hydrogen-bond acceptors (Lipinski definition) is 4. The van der Waals surface area contributed by atoms with Crippen LogP contribution in [0.1, 0.15) is 13.3 Å². The number of carbonyl (C=O) groups excluding carboxylic acids is 1. The highest BCUT2D eigenvalue weighted by Gasteiger charge is 2.36. The van der Waals surface area contributed by atoms with E-state index in [4.69, 9.17) is 16.7 Å². The van der Waals surface area contributed by atoms with Crippen molar-refractivity contribution < 1.29 is 9.90 Å². The Balaban J connectivity index is 2.03. The third-order valence-corrected chi connectivity index (χ3v) is 5.27. The molecule has 0 bridgehead atoms. The van der Waals surface area contributed by atoms with Crippen molar-refractivity contribution in [2.24, 2.45) is 5.92 Å². The first-order valence-corrected chi connectivity index (χ1v) is 8.33. The minimum absolute atomic E-state index is 0.101. The van der Waals surface area contributed by atoms with Crippen molar-refractivity contribution in [3.05, 3.63) is 28.7 Å². The predicted octanol–water partition coefficient (Wildman–Crippen LogP) is 1.49. The number of alkyl halides is 1. The number of aromatic nitrogens is 1. The molecule has 0 radical (unpaired) electrons. The van der Waals surface area contributed by atoms with E-state index < -0.39 is 0 Å². The number of rotatable bonds is 3. The Morgan fingerprint density at radius 2 is 2.36 bits per heavy atom. The monoisotopic (exact) mass is 340 g/mol. The number of nitrogens with one attached hydrogen (secondary N) is 1. The fraction of sp³-hybridized carbons (Fsp3) is 0.467. The van der Waals surface area contributed by atoms with Crippen LogP contribution in [0.25, 0.3) is 0 Å². The number of carbonyl (C=O) groups is 1. The van der Waals surface area contributed by atoms with Crippen molar-refractivity contribution in [2.45, 2.75) is 29.8 Å². The number of aryl methyl sites for hydroxylation is 1. The molecule has 7 heteroatoms. The minimum Gasteiger partial charge on any atom is -0.384 e. The smallest absolute Gasteiger partial charge is 0.250 e. The van der Waals surface area contributed by atoms with E-state index >= 15 is 0 Å². The van der Waals surface area contributed by atoms with E-state index in [1.807, 2.05) is 6.92 Å². The van der Waals surface area contributed by atoms with Crippen molar-refractivity contribution in [3.63, 3.8) is 0 Å². The first kappa shape index (κ1) is 16.9. The highest BCUT2D eigenvalue weighted by Crippen LogP contribution is 2.40. The van der Waals surface area contributed by atoms with Crippen LogP contribution in [0.3, 0.4) is 0 Å². The highest BCUT2D eigenvalue weighted by atomic mass is 35.5. The molecule has 1 aliphatic heterocycles. The van der Waals surface area contributed by atoms with Gasteiger partial charge in [-0.2, -0.15) is 0 Å². The standard InChI is InChI=1S/C15H17ClN2O3S/c1-2-18-9-11(5-6-13(18)20)17-15(21)12-8-10(4-3-7-19)14(16)22-12/h5-6,9-10,12,14,19H,2,7-8H2,1H3,(H,17,21). The van der Waals surface area contributed by atoms with Crippen LogP contribution in [0, 0.1) is 17.8 Å². The SMILES string of the molecule is CCn1cc(NC(=O)C2CC(C#CCO)C(Cl)S2)ccc1=O. The van der Waals surface area contributed by atoms with Crippen LogP contribution in [-0.4, -0.2) is 32.1 Å². The van der Waals surface area contributed by atoms with Crippen LogP contribution in [-0.2, 0) is 11.3 Å². The van der Waals surface area contributed by atoms with Gasteiger partial charge in [0.05, 0.1) is 15.6 Å². The minimum atomic E-state index is -0.289. The number of thioether (sulfide) groups is 1. The summed E-state index contributed by atoms with van der Waals surface area (Å²) in [5.41, 5.74) is 0.485. The van der Waals surface area contributed by atoms with Gasteiger partial charge in [0.1, 0.15) is 6.61 Å². The molecule has 3 unspecified atom stereocenters. The Kier molecular flexibility index (Phi) is 5.95. The summed E-state index contributed by atoms with van der Waals surface area (Å²) in [4.78, 5) is 23.8. The molecule has 0 aliphatic carbocycles. The lowest BCUT2D eigenvalue weighted by atomic mass is 10.1. The summed E-state index contributed by atoms with van der Waals surface area (Å²) in [5.74, 6) is 5.21. The average molecular weight is 341 g/mol. The van der Waals surface area contributed by atoms with E-state index in [1.54, 1.807) is 12.3 Å². The van der Waals surface area contributed by atoms with Crippen LogP contribution in [0.15, 0.2) is 23.1 Å². The number of pyridine rings is 1. The quantitative estimate of drug-likeness (QED) is 0.646. The molecular weight excluding hydrogens is 324 g/mol. The van der Waals surface area contributed by atoms with Crippen molar-refractivity contribution in [3.8, 4) is 11.8 Å². The number of amides is 1. The van der Waals surface area contributed by atoms with Crippen LogP contribution in [0.4, 0.5) is 5.69 Å². The van der Waals surface area contributed by atoms with Gasteiger partial charge in [0.25, 0.3) is 5.56 Å². The molecular formula is C15H17ClN2O3S. The normalized spacial score (nSPS) is 23.7. The van der Waals surface area contributed by atoms with E-state index in [9.17, 15) is 9.59 Å². The summed E-state index contributed by atoms with van der Waals surface area (Å²) in [7, 11) is 0. The van der Waals surface area contributed by atoms with Gasteiger partial charge in [-0.05, 0) is 19.4 Å². The summed E-state index contributed by atoms with van der Waals surface area (Å²) >= 11 is 7.54. The van der Waals surface area contributed by atoms with Gasteiger partial charge in [0.2, 0.25) is 5.91 Å². The van der Waals surface area contributed by atoms with E-state index in [0.29, 0.717) is 18.7 Å². The fourth-order valence-electron chi connectivity index (χ4n) is 2.19. The highest BCUT2D eigenvalue weighted by molar-refractivity contribution is 8.02. The molecule has 1 amide bonds. The average Bonchev–Trinajstić information content (AvgIpc) is 2.88. The summed E-state index contributed by atoms with van der Waals surface area (Å²) < 4.78 is 1.26. The number of anilines is 1. The molecule has 118 valence electrons. The maximum Gasteiger partial charge on any atom is 0.250 e. The zero-order valence-electron chi connectivity index (χ0n) is 12.1. The van der Waals surface area contributed by atoms with Gasteiger partial charge in [-0.1, -0.05) is 11.8 Å². The zero-order chi connectivity index (χ0) is 16.1. The maximum absolute atomic E-state index is 12.3. The lowest BCUT2D eigenvalue weighted by Crippen LogP contribution is -2.25. The van der Waals surface area contributed by atoms with Crippen molar-refractivity contribution >= 4 is 35.0 Å². The van der Waals surface area contributed by atoms with E-state index in [-0.39, 0.29) is 34.0 Å². The molecule has 1 aliphatic rings. The van der Waals surface area contributed by atoms with Gasteiger partial charge in [-0.15, -0.1) is 23.4 Å². The molecule has 2 heterocycles. The molecule has 5 nitrogen and oxygen atoms in total. The number of aliphatic hydroxyl groups is 1. The van der Waals surface area contributed by atoms with E-state index in [1.165, 1.54) is 22.4 Å². The van der Waals surface area contributed by atoms with Crippen LogP contribution in [0.2, 0.25) is 0 Å². The lowest BCUT2D eigenvalue weighted by Gasteiger charge is -2.11. The summed E-state index contributed by atoms with van der Waals surface area (Å²) in [6, 6.07) is 3.02. The number of halogens is 1. The maximum atomic E-state index is 12.3. The second kappa shape index (κ2) is 7.73. The fourth-order valence-corrected chi connectivity index (χ4v) is 3.91. The number of aliphatic hydroxyl groups excluding tert-OH is 1. The first-order valence-electron chi connectivity index (χ1n) is 6.95. The summed E-state index contributed by atoms with van der Waals surface area (Å²) in [6.45, 7) is 2.20. The summed E-state index contributed by atoms with van der Waals surface area (Å²) in [5, 5.41) is 11.2. The van der Waals surface area contributed by atoms with Gasteiger partial charge in [-0.3, -0.25) is 9.59 Å². The Morgan fingerprint density at radius 3 is 3.05 bits per heavy atom. The van der Waals surface area contributed by atoms with Gasteiger partial charge in [0.15, 0.2) is 0 Å². The third-order valence-electron chi connectivity index (χ3n) is 3.33. The van der Waals surface area contributed by atoms with Gasteiger partial charge < -0.3 is 15.0 Å².